The van der Waals surface area contributed by atoms with Crippen molar-refractivity contribution in [1.29, 1.82) is 5.41 Å². The minimum atomic E-state index is 0.0802. The standard InChI is InChI=1S/C22H29N3/c1-15(2)22(23)25(19-11-8-7-9-12-19)18(5)16(3)17(4)20-13-10-14-21(20)24-6/h7-9,11-12,15,23-24H,3-5,10,13-14H2,1-2,6H3. The summed E-state index contributed by atoms with van der Waals surface area (Å²) < 4.78 is 0. The predicted molar refractivity (Wildman–Crippen MR) is 109 cm³/mol. The number of nitrogens with zero attached hydrogens (tertiary/aromatic N) is 1. The van der Waals surface area contributed by atoms with Crippen LogP contribution >= 0.6 is 0 Å². The molecule has 132 valence electrons. The van der Waals surface area contributed by atoms with E-state index >= 15 is 0 Å². The van der Waals surface area contributed by atoms with E-state index in [-0.39, 0.29) is 5.92 Å². The number of para-hydroxylation sites is 1. The monoisotopic (exact) mass is 335 g/mol. The molecule has 0 unspecified atom stereocenters. The van der Waals surface area contributed by atoms with Crippen LogP contribution in [0.2, 0.25) is 0 Å². The molecule has 0 aromatic heterocycles. The Morgan fingerprint density at radius 1 is 1.12 bits per heavy atom. The zero-order chi connectivity index (χ0) is 18.6. The largest absolute Gasteiger partial charge is 0.391 e. The highest BCUT2D eigenvalue weighted by molar-refractivity contribution is 6.00. The lowest BCUT2D eigenvalue weighted by atomic mass is 9.96. The summed E-state index contributed by atoms with van der Waals surface area (Å²) >= 11 is 0. The van der Waals surface area contributed by atoms with E-state index < -0.39 is 0 Å². The van der Waals surface area contributed by atoms with Crippen LogP contribution in [-0.2, 0) is 0 Å². The summed E-state index contributed by atoms with van der Waals surface area (Å²) in [6.45, 7) is 16.8. The minimum absolute atomic E-state index is 0.0802. The molecule has 1 aromatic rings. The van der Waals surface area contributed by atoms with Crippen molar-refractivity contribution in [2.75, 3.05) is 11.9 Å². The Morgan fingerprint density at radius 3 is 2.32 bits per heavy atom. The third-order valence-corrected chi connectivity index (χ3v) is 4.67. The fraction of sp³-hybridized carbons (Fsp3) is 0.318. The number of hydrogen-bond acceptors (Lipinski definition) is 2. The lowest BCUT2D eigenvalue weighted by molar-refractivity contribution is 0.846. The van der Waals surface area contributed by atoms with Crippen molar-refractivity contribution < 1.29 is 0 Å². The van der Waals surface area contributed by atoms with Gasteiger partial charge in [0.2, 0.25) is 0 Å². The van der Waals surface area contributed by atoms with Crippen LogP contribution in [0.25, 0.3) is 0 Å². The van der Waals surface area contributed by atoms with Gasteiger partial charge in [0.05, 0.1) is 0 Å². The second kappa shape index (κ2) is 8.02. The topological polar surface area (TPSA) is 39.1 Å². The maximum Gasteiger partial charge on any atom is 0.108 e. The van der Waals surface area contributed by atoms with Gasteiger partial charge in [0.15, 0.2) is 0 Å². The van der Waals surface area contributed by atoms with E-state index in [9.17, 15) is 0 Å². The van der Waals surface area contributed by atoms with Crippen molar-refractivity contribution in [3.8, 4) is 0 Å². The number of allylic oxidation sites excluding steroid dienone is 3. The molecular formula is C22H29N3. The second-order valence-corrected chi connectivity index (χ2v) is 6.68. The first-order valence-electron chi connectivity index (χ1n) is 8.79. The van der Waals surface area contributed by atoms with E-state index in [0.29, 0.717) is 11.5 Å². The number of rotatable bonds is 7. The summed E-state index contributed by atoms with van der Waals surface area (Å²) in [5.41, 5.74) is 5.82. The van der Waals surface area contributed by atoms with Crippen molar-refractivity contribution in [2.45, 2.75) is 33.1 Å². The molecule has 0 amide bonds. The molecule has 25 heavy (non-hydrogen) atoms. The molecule has 0 saturated carbocycles. The van der Waals surface area contributed by atoms with Gasteiger partial charge in [-0.2, -0.15) is 0 Å². The summed E-state index contributed by atoms with van der Waals surface area (Å²) in [6, 6.07) is 9.90. The molecule has 0 heterocycles. The van der Waals surface area contributed by atoms with Gasteiger partial charge < -0.3 is 5.32 Å². The quantitative estimate of drug-likeness (QED) is 0.397. The number of benzene rings is 1. The molecule has 1 aliphatic rings. The SMILES string of the molecule is C=C(C(=C)C1=C(NC)CCC1)C(=C)N(C(=N)C(C)C)c1ccccc1. The van der Waals surface area contributed by atoms with Crippen LogP contribution in [0.4, 0.5) is 5.69 Å². The maximum atomic E-state index is 8.56. The van der Waals surface area contributed by atoms with Crippen LogP contribution in [0.15, 0.2) is 78.2 Å². The smallest absolute Gasteiger partial charge is 0.108 e. The molecule has 1 aliphatic carbocycles. The number of hydrogen-bond donors (Lipinski definition) is 2. The van der Waals surface area contributed by atoms with Crippen molar-refractivity contribution in [3.05, 3.63) is 78.2 Å². The molecule has 1 aromatic carbocycles. The number of anilines is 1. The molecule has 0 fully saturated rings. The Balaban J connectivity index is 2.35. The van der Waals surface area contributed by atoms with Crippen LogP contribution in [0, 0.1) is 11.3 Å². The fourth-order valence-electron chi connectivity index (χ4n) is 3.12. The van der Waals surface area contributed by atoms with Crippen LogP contribution in [0.1, 0.15) is 33.1 Å². The van der Waals surface area contributed by atoms with Crippen LogP contribution < -0.4 is 10.2 Å². The van der Waals surface area contributed by atoms with Gasteiger partial charge in [-0.1, -0.05) is 51.8 Å². The molecule has 0 atom stereocenters. The first kappa shape index (κ1) is 18.8. The van der Waals surface area contributed by atoms with Gasteiger partial charge in [-0.25, -0.2) is 0 Å². The zero-order valence-corrected chi connectivity index (χ0v) is 15.7. The second-order valence-electron chi connectivity index (χ2n) is 6.68. The molecule has 2 N–H and O–H groups in total. The third kappa shape index (κ3) is 3.93. The highest BCUT2D eigenvalue weighted by atomic mass is 15.2. The Morgan fingerprint density at radius 2 is 1.76 bits per heavy atom. The van der Waals surface area contributed by atoms with Crippen molar-refractivity contribution >= 4 is 11.5 Å². The molecule has 0 bridgehead atoms. The number of amidine groups is 1. The first-order chi connectivity index (χ1) is 11.9. The molecule has 2 rings (SSSR count). The van der Waals surface area contributed by atoms with E-state index in [1.165, 1.54) is 11.3 Å². The molecular weight excluding hydrogens is 306 g/mol. The normalized spacial score (nSPS) is 13.8. The summed E-state index contributed by atoms with van der Waals surface area (Å²) in [4.78, 5) is 1.88. The fourth-order valence-corrected chi connectivity index (χ4v) is 3.12. The lowest BCUT2D eigenvalue weighted by Crippen LogP contribution is -2.33. The van der Waals surface area contributed by atoms with Crippen molar-refractivity contribution in [1.82, 2.24) is 5.32 Å². The average Bonchev–Trinajstić information content (AvgIpc) is 3.09. The average molecular weight is 335 g/mol. The van der Waals surface area contributed by atoms with Gasteiger partial charge in [0.25, 0.3) is 0 Å². The van der Waals surface area contributed by atoms with E-state index in [2.05, 4.69) is 25.1 Å². The zero-order valence-electron chi connectivity index (χ0n) is 15.7. The van der Waals surface area contributed by atoms with Gasteiger partial charge >= 0.3 is 0 Å². The van der Waals surface area contributed by atoms with Crippen LogP contribution in [-0.4, -0.2) is 12.9 Å². The van der Waals surface area contributed by atoms with Crippen LogP contribution in [0.3, 0.4) is 0 Å². The molecule has 0 spiro atoms. The predicted octanol–water partition coefficient (Wildman–Crippen LogP) is 5.41. The van der Waals surface area contributed by atoms with Crippen molar-refractivity contribution in [3.63, 3.8) is 0 Å². The Kier molecular flexibility index (Phi) is 6.02. The first-order valence-corrected chi connectivity index (χ1v) is 8.79. The minimum Gasteiger partial charge on any atom is -0.391 e. The summed E-state index contributed by atoms with van der Waals surface area (Å²) in [5, 5.41) is 11.8. The van der Waals surface area contributed by atoms with E-state index in [1.807, 2.05) is 56.1 Å². The third-order valence-electron chi connectivity index (χ3n) is 4.67. The van der Waals surface area contributed by atoms with E-state index in [0.717, 1.165) is 36.1 Å². The summed E-state index contributed by atoms with van der Waals surface area (Å²) in [6.07, 6.45) is 3.19. The lowest BCUT2D eigenvalue weighted by Gasteiger charge is -2.31. The van der Waals surface area contributed by atoms with Gasteiger partial charge in [-0.3, -0.25) is 10.3 Å². The molecule has 0 saturated heterocycles. The Hall–Kier alpha value is -2.55. The highest BCUT2D eigenvalue weighted by Gasteiger charge is 2.24. The maximum absolute atomic E-state index is 8.56. The van der Waals surface area contributed by atoms with E-state index in [4.69, 9.17) is 5.41 Å². The molecule has 3 heteroatoms. The molecule has 3 nitrogen and oxygen atoms in total. The summed E-state index contributed by atoms with van der Waals surface area (Å²) in [7, 11) is 1.95. The van der Waals surface area contributed by atoms with Gasteiger partial charge in [-0.15, -0.1) is 0 Å². The van der Waals surface area contributed by atoms with Gasteiger partial charge in [0.1, 0.15) is 5.84 Å². The molecule has 0 radical (unpaired) electrons. The Labute approximate surface area is 152 Å². The van der Waals surface area contributed by atoms with Crippen molar-refractivity contribution in [2.24, 2.45) is 5.92 Å². The number of nitrogens with one attached hydrogen (secondary N) is 2. The van der Waals surface area contributed by atoms with E-state index in [1.54, 1.807) is 0 Å². The molecule has 0 aliphatic heterocycles. The highest BCUT2D eigenvalue weighted by Crippen LogP contribution is 2.35. The summed E-state index contributed by atoms with van der Waals surface area (Å²) in [5.74, 6) is 0.580. The van der Waals surface area contributed by atoms with Gasteiger partial charge in [-0.05, 0) is 48.1 Å². The Bertz CT molecular complexity index is 723. The van der Waals surface area contributed by atoms with Crippen LogP contribution in [0.5, 0.6) is 0 Å². The van der Waals surface area contributed by atoms with Gasteiger partial charge in [0, 0.05) is 30.0 Å².